The summed E-state index contributed by atoms with van der Waals surface area (Å²) >= 11 is 0. The van der Waals surface area contributed by atoms with Gasteiger partial charge in [-0.25, -0.2) is 9.97 Å². The van der Waals surface area contributed by atoms with Crippen molar-refractivity contribution >= 4 is 45.0 Å². The number of hydrogen-bond acceptors (Lipinski definition) is 8. The van der Waals surface area contributed by atoms with Gasteiger partial charge >= 0.3 is 0 Å². The summed E-state index contributed by atoms with van der Waals surface area (Å²) in [6.07, 6.45) is 0. The lowest BCUT2D eigenvalue weighted by Gasteiger charge is -2.22. The highest BCUT2D eigenvalue weighted by molar-refractivity contribution is 6.06. The molecule has 11 heteroatoms. The van der Waals surface area contributed by atoms with Crippen LogP contribution in [0.25, 0.3) is 44.8 Å². The van der Waals surface area contributed by atoms with Gasteiger partial charge in [-0.3, -0.25) is 4.79 Å². The van der Waals surface area contributed by atoms with E-state index in [0.717, 1.165) is 44.6 Å². The van der Waals surface area contributed by atoms with Gasteiger partial charge in [0.1, 0.15) is 11.6 Å². The number of hydrogen-bond donors (Lipinski definition) is 7. The second-order valence-corrected chi connectivity index (χ2v) is 10.3. The molecule has 0 spiro atoms. The first kappa shape index (κ1) is 28.9. The number of anilines is 3. The van der Waals surface area contributed by atoms with Crippen LogP contribution in [0.2, 0.25) is 0 Å². The molecule has 0 fully saturated rings. The van der Waals surface area contributed by atoms with Gasteiger partial charge < -0.3 is 40.8 Å². The van der Waals surface area contributed by atoms with Gasteiger partial charge in [-0.1, -0.05) is 0 Å². The molecule has 2 aromatic heterocycles. The van der Waals surface area contributed by atoms with Crippen molar-refractivity contribution in [3.8, 4) is 22.8 Å². The SMILES string of the molecule is O=C(Nc1ccc2nc(-c3ccc(N(CCO)CCO)cc3)[nH]c2c1)c1ccc2nc(-c3ccc(NCCO)cc3)[nH]c2c1. The fourth-order valence-corrected chi connectivity index (χ4v) is 5.10. The lowest BCUT2D eigenvalue weighted by atomic mass is 10.2. The third-order valence-electron chi connectivity index (χ3n) is 7.33. The van der Waals surface area contributed by atoms with Crippen LogP contribution in [0.1, 0.15) is 10.4 Å². The molecule has 0 aliphatic carbocycles. The Morgan fingerprint density at radius 3 is 1.86 bits per heavy atom. The molecule has 44 heavy (non-hydrogen) atoms. The summed E-state index contributed by atoms with van der Waals surface area (Å²) in [4.78, 5) is 31.1. The summed E-state index contributed by atoms with van der Waals surface area (Å²) in [6.45, 7) is 1.44. The molecule has 224 valence electrons. The molecule has 0 saturated heterocycles. The Morgan fingerprint density at radius 2 is 1.25 bits per heavy atom. The van der Waals surface area contributed by atoms with Gasteiger partial charge in [0, 0.05) is 53.4 Å². The Kier molecular flexibility index (Phi) is 8.50. The van der Waals surface area contributed by atoms with Gasteiger partial charge in [0.25, 0.3) is 5.91 Å². The zero-order valence-electron chi connectivity index (χ0n) is 23.9. The Morgan fingerprint density at radius 1 is 0.682 bits per heavy atom. The molecule has 0 aliphatic heterocycles. The molecule has 0 saturated carbocycles. The summed E-state index contributed by atoms with van der Waals surface area (Å²) < 4.78 is 0. The van der Waals surface area contributed by atoms with Crippen molar-refractivity contribution in [1.29, 1.82) is 0 Å². The number of carbonyl (C=O) groups is 1. The van der Waals surface area contributed by atoms with Crippen molar-refractivity contribution in [3.05, 3.63) is 90.5 Å². The topological polar surface area (TPSA) is 162 Å². The van der Waals surface area contributed by atoms with E-state index in [9.17, 15) is 15.0 Å². The Labute approximate surface area is 253 Å². The number of aromatic nitrogens is 4. The predicted octanol–water partition coefficient (Wildman–Crippen LogP) is 4.22. The van der Waals surface area contributed by atoms with Gasteiger partial charge in [-0.2, -0.15) is 0 Å². The van der Waals surface area contributed by atoms with Crippen LogP contribution in [0.15, 0.2) is 84.9 Å². The Bertz CT molecular complexity index is 1880. The summed E-state index contributed by atoms with van der Waals surface area (Å²) in [5.74, 6) is 1.16. The van der Waals surface area contributed by atoms with Crippen LogP contribution in [0.4, 0.5) is 17.1 Å². The molecule has 0 bridgehead atoms. The zero-order valence-corrected chi connectivity index (χ0v) is 23.9. The molecule has 0 aliphatic rings. The molecular weight excluding hydrogens is 558 g/mol. The van der Waals surface area contributed by atoms with E-state index in [0.29, 0.717) is 42.5 Å². The average molecular weight is 592 g/mol. The standard InChI is InChI=1S/C33H33N7O4/c41-16-13-34-24-6-1-21(2-7-24)31-36-27-11-5-23(19-29(27)38-31)33(44)35-25-8-12-28-30(20-25)39-32(37-28)22-3-9-26(10-4-22)40(14-17-42)15-18-43/h1-12,19-20,34,41-43H,13-18H2,(H,35,44)(H,36,38)(H,37,39). The number of fused-ring (bicyclic) bond motifs is 2. The molecule has 4 aromatic carbocycles. The van der Waals surface area contributed by atoms with Crippen LogP contribution in [-0.2, 0) is 0 Å². The maximum Gasteiger partial charge on any atom is 0.255 e. The third kappa shape index (κ3) is 6.25. The zero-order chi connectivity index (χ0) is 30.5. The first-order chi connectivity index (χ1) is 21.5. The normalized spacial score (nSPS) is 11.2. The van der Waals surface area contributed by atoms with Crippen LogP contribution in [0.5, 0.6) is 0 Å². The highest BCUT2D eigenvalue weighted by atomic mass is 16.3. The second-order valence-electron chi connectivity index (χ2n) is 10.3. The molecule has 6 rings (SSSR count). The molecule has 1 amide bonds. The van der Waals surface area contributed by atoms with E-state index in [1.54, 1.807) is 12.1 Å². The summed E-state index contributed by atoms with van der Waals surface area (Å²) in [5.41, 5.74) is 7.83. The molecule has 6 aromatic rings. The number of H-pyrrole nitrogens is 2. The van der Waals surface area contributed by atoms with E-state index in [4.69, 9.17) is 10.1 Å². The second kappa shape index (κ2) is 13.0. The van der Waals surface area contributed by atoms with Gasteiger partial charge in [-0.05, 0) is 84.9 Å². The van der Waals surface area contributed by atoms with Crippen molar-refractivity contribution in [1.82, 2.24) is 19.9 Å². The van der Waals surface area contributed by atoms with Crippen LogP contribution >= 0.6 is 0 Å². The number of aliphatic hydroxyl groups is 3. The highest BCUT2D eigenvalue weighted by Gasteiger charge is 2.13. The number of rotatable bonds is 12. The van der Waals surface area contributed by atoms with Crippen LogP contribution in [0, 0.1) is 0 Å². The first-order valence-corrected chi connectivity index (χ1v) is 14.4. The minimum absolute atomic E-state index is 0.00380. The molecule has 2 heterocycles. The Hall–Kier alpha value is -5.23. The lowest BCUT2D eigenvalue weighted by Crippen LogP contribution is -2.29. The number of aliphatic hydroxyl groups excluding tert-OH is 3. The van der Waals surface area contributed by atoms with Crippen molar-refractivity contribution in [2.45, 2.75) is 0 Å². The van der Waals surface area contributed by atoms with Crippen molar-refractivity contribution in [3.63, 3.8) is 0 Å². The fraction of sp³-hybridized carbons (Fsp3) is 0.182. The number of benzene rings is 4. The predicted molar refractivity (Wildman–Crippen MR) is 173 cm³/mol. The molecule has 11 nitrogen and oxygen atoms in total. The average Bonchev–Trinajstić information content (AvgIpc) is 3.68. The van der Waals surface area contributed by atoms with E-state index in [1.807, 2.05) is 77.7 Å². The summed E-state index contributed by atoms with van der Waals surface area (Å²) in [6, 6.07) is 26.4. The van der Waals surface area contributed by atoms with E-state index in [2.05, 4.69) is 25.6 Å². The van der Waals surface area contributed by atoms with Crippen LogP contribution < -0.4 is 15.5 Å². The quantitative estimate of drug-likeness (QED) is 0.111. The number of aromatic amines is 2. The number of amides is 1. The van der Waals surface area contributed by atoms with Crippen molar-refractivity contribution < 1.29 is 20.1 Å². The van der Waals surface area contributed by atoms with Crippen LogP contribution in [0.3, 0.4) is 0 Å². The molecule has 7 N–H and O–H groups in total. The summed E-state index contributed by atoms with van der Waals surface area (Å²) in [5, 5.41) is 33.7. The molecule has 0 radical (unpaired) electrons. The first-order valence-electron chi connectivity index (χ1n) is 14.4. The maximum atomic E-state index is 13.2. The smallest absolute Gasteiger partial charge is 0.255 e. The maximum absolute atomic E-state index is 13.2. The lowest BCUT2D eigenvalue weighted by molar-refractivity contribution is 0.102. The minimum atomic E-state index is -0.243. The van der Waals surface area contributed by atoms with Crippen LogP contribution in [-0.4, -0.2) is 80.6 Å². The largest absolute Gasteiger partial charge is 0.395 e. The third-order valence-corrected chi connectivity index (χ3v) is 7.33. The summed E-state index contributed by atoms with van der Waals surface area (Å²) in [7, 11) is 0. The number of carbonyl (C=O) groups excluding carboxylic acids is 1. The minimum Gasteiger partial charge on any atom is -0.395 e. The van der Waals surface area contributed by atoms with Gasteiger partial charge in [0.15, 0.2) is 0 Å². The van der Waals surface area contributed by atoms with E-state index in [1.165, 1.54) is 0 Å². The monoisotopic (exact) mass is 591 g/mol. The van der Waals surface area contributed by atoms with Gasteiger partial charge in [0.05, 0.1) is 41.9 Å². The molecule has 0 unspecified atom stereocenters. The van der Waals surface area contributed by atoms with Crippen molar-refractivity contribution in [2.24, 2.45) is 0 Å². The fourth-order valence-electron chi connectivity index (χ4n) is 5.10. The number of nitrogens with zero attached hydrogens (tertiary/aromatic N) is 3. The van der Waals surface area contributed by atoms with Crippen molar-refractivity contribution in [2.75, 3.05) is 55.0 Å². The molecule has 0 atom stereocenters. The van der Waals surface area contributed by atoms with E-state index >= 15 is 0 Å². The Balaban J connectivity index is 1.16. The van der Waals surface area contributed by atoms with Gasteiger partial charge in [-0.15, -0.1) is 0 Å². The van der Waals surface area contributed by atoms with Gasteiger partial charge in [0.2, 0.25) is 0 Å². The number of nitrogens with one attached hydrogen (secondary N) is 4. The number of imidazole rings is 2. The van der Waals surface area contributed by atoms with E-state index in [-0.39, 0.29) is 25.7 Å². The van der Waals surface area contributed by atoms with E-state index < -0.39 is 0 Å². The molecular formula is C33H33N7O4. The highest BCUT2D eigenvalue weighted by Crippen LogP contribution is 2.26.